The zero-order chi connectivity index (χ0) is 33.6. The van der Waals surface area contributed by atoms with Crippen LogP contribution in [0.15, 0.2) is 60.8 Å². The van der Waals surface area contributed by atoms with Crippen molar-refractivity contribution in [3.8, 4) is 45.3 Å². The standard InChI is InChI=1S/C36H38Cl2N6O4/c1-47-30-16-21(6-7-22(30)17-39-19-24-9-12-31(45)42-24)35-34(38)27(14-15-41-35)26-4-3-5-28(33(26)37)29-11-8-23(36(44-29)48-2)18-40-20-25-10-13-32(46)43-25/h3-8,11,14-16,24-25,39-40H,9-10,12-13,17-20H2,1-2H3,(H,42,45)(H,43,46)/t24-,25+/m1/s1. The van der Waals surface area contributed by atoms with Crippen molar-refractivity contribution in [2.24, 2.45) is 0 Å². The number of rotatable bonds is 13. The van der Waals surface area contributed by atoms with Gasteiger partial charge in [0.05, 0.1) is 35.7 Å². The van der Waals surface area contributed by atoms with Gasteiger partial charge in [-0.3, -0.25) is 14.6 Å². The molecule has 4 N–H and O–H groups in total. The summed E-state index contributed by atoms with van der Waals surface area (Å²) in [6.07, 6.45) is 4.54. The van der Waals surface area contributed by atoms with Crippen molar-refractivity contribution < 1.29 is 19.1 Å². The van der Waals surface area contributed by atoms with Crippen LogP contribution in [0.25, 0.3) is 33.6 Å². The van der Waals surface area contributed by atoms with E-state index >= 15 is 0 Å². The molecule has 0 radical (unpaired) electrons. The highest BCUT2D eigenvalue weighted by Crippen LogP contribution is 2.42. The molecule has 0 spiro atoms. The van der Waals surface area contributed by atoms with Crippen LogP contribution >= 0.6 is 23.2 Å². The molecule has 0 bridgehead atoms. The first-order valence-corrected chi connectivity index (χ1v) is 16.7. The fraction of sp³-hybridized carbons (Fsp3) is 0.333. The van der Waals surface area contributed by atoms with E-state index in [1.807, 2.05) is 54.6 Å². The Kier molecular flexibility index (Phi) is 10.8. The predicted octanol–water partition coefficient (Wildman–Crippen LogP) is 5.54. The minimum Gasteiger partial charge on any atom is -0.496 e. The van der Waals surface area contributed by atoms with Crippen molar-refractivity contribution in [3.05, 3.63) is 82.0 Å². The van der Waals surface area contributed by atoms with Gasteiger partial charge in [0.25, 0.3) is 0 Å². The van der Waals surface area contributed by atoms with Crippen LogP contribution in [0.2, 0.25) is 10.0 Å². The van der Waals surface area contributed by atoms with E-state index in [1.54, 1.807) is 20.4 Å². The van der Waals surface area contributed by atoms with Gasteiger partial charge in [-0.05, 0) is 31.0 Å². The lowest BCUT2D eigenvalue weighted by atomic mass is 9.99. The normalized spacial score (nSPS) is 17.3. The van der Waals surface area contributed by atoms with Gasteiger partial charge in [-0.25, -0.2) is 4.98 Å². The van der Waals surface area contributed by atoms with E-state index in [0.29, 0.717) is 72.1 Å². The molecule has 2 aromatic carbocycles. The molecule has 6 rings (SSSR count). The number of ether oxygens (including phenoxy) is 2. The number of pyridine rings is 2. The Morgan fingerprint density at radius 2 is 1.44 bits per heavy atom. The summed E-state index contributed by atoms with van der Waals surface area (Å²) in [7, 11) is 3.23. The lowest BCUT2D eigenvalue weighted by Crippen LogP contribution is -2.35. The third kappa shape index (κ3) is 7.57. The summed E-state index contributed by atoms with van der Waals surface area (Å²) in [5.74, 6) is 1.41. The minimum atomic E-state index is 0.0979. The van der Waals surface area contributed by atoms with Crippen molar-refractivity contribution in [3.63, 3.8) is 0 Å². The van der Waals surface area contributed by atoms with Crippen molar-refractivity contribution in [2.45, 2.75) is 50.9 Å². The average Bonchev–Trinajstić information content (AvgIpc) is 3.72. The van der Waals surface area contributed by atoms with E-state index in [2.05, 4.69) is 26.3 Å². The molecule has 2 amide bonds. The van der Waals surface area contributed by atoms with Crippen molar-refractivity contribution in [1.29, 1.82) is 0 Å². The second kappa shape index (κ2) is 15.3. The van der Waals surface area contributed by atoms with Crippen molar-refractivity contribution in [2.75, 3.05) is 27.3 Å². The molecule has 12 heteroatoms. The molecule has 4 heterocycles. The first-order valence-electron chi connectivity index (χ1n) is 16.0. The third-order valence-electron chi connectivity index (χ3n) is 8.73. The first kappa shape index (κ1) is 33.7. The summed E-state index contributed by atoms with van der Waals surface area (Å²) in [5, 5.41) is 13.7. The molecule has 0 unspecified atom stereocenters. The molecule has 0 aliphatic carbocycles. The molecule has 0 saturated carbocycles. The fourth-order valence-corrected chi connectivity index (χ4v) is 6.83. The van der Waals surface area contributed by atoms with Crippen LogP contribution in [0.4, 0.5) is 0 Å². The summed E-state index contributed by atoms with van der Waals surface area (Å²) in [5.41, 5.74) is 6.20. The first-order chi connectivity index (χ1) is 23.3. The maximum Gasteiger partial charge on any atom is 0.220 e. The summed E-state index contributed by atoms with van der Waals surface area (Å²) in [6.45, 7) is 2.51. The van der Waals surface area contributed by atoms with Crippen molar-refractivity contribution >= 4 is 35.0 Å². The molecule has 2 fully saturated rings. The van der Waals surface area contributed by atoms with Crippen LogP contribution in [-0.2, 0) is 22.7 Å². The van der Waals surface area contributed by atoms with E-state index in [9.17, 15) is 9.59 Å². The van der Waals surface area contributed by atoms with Crippen LogP contribution in [-0.4, -0.2) is 61.2 Å². The number of amides is 2. The molecule has 2 atom stereocenters. The number of carbonyl (C=O) groups is 2. The van der Waals surface area contributed by atoms with Gasteiger partial charge in [0.2, 0.25) is 17.7 Å². The molecule has 2 aliphatic heterocycles. The van der Waals surface area contributed by atoms with E-state index in [0.717, 1.165) is 46.2 Å². The topological polar surface area (TPSA) is 126 Å². The highest BCUT2D eigenvalue weighted by molar-refractivity contribution is 6.39. The van der Waals surface area contributed by atoms with E-state index in [-0.39, 0.29) is 23.9 Å². The number of carbonyl (C=O) groups excluding carboxylic acids is 2. The Morgan fingerprint density at radius 3 is 2.08 bits per heavy atom. The molecule has 2 aliphatic rings. The molecule has 48 heavy (non-hydrogen) atoms. The van der Waals surface area contributed by atoms with Gasteiger partial charge in [-0.2, -0.15) is 0 Å². The monoisotopic (exact) mass is 688 g/mol. The number of nitrogens with one attached hydrogen (secondary N) is 4. The van der Waals surface area contributed by atoms with E-state index in [1.165, 1.54) is 0 Å². The minimum absolute atomic E-state index is 0.0979. The summed E-state index contributed by atoms with van der Waals surface area (Å²) in [6, 6.07) is 17.7. The Morgan fingerprint density at radius 1 is 0.792 bits per heavy atom. The molecule has 4 aromatic rings. The number of nitrogens with zero attached hydrogens (tertiary/aromatic N) is 2. The Labute approximate surface area is 289 Å². The number of halogens is 2. The van der Waals surface area contributed by atoms with Gasteiger partial charge >= 0.3 is 0 Å². The van der Waals surface area contributed by atoms with E-state index in [4.69, 9.17) is 37.7 Å². The van der Waals surface area contributed by atoms with Crippen LogP contribution in [0.3, 0.4) is 0 Å². The molecule has 2 saturated heterocycles. The Balaban J connectivity index is 1.20. The third-order valence-corrected chi connectivity index (χ3v) is 9.52. The zero-order valence-electron chi connectivity index (χ0n) is 26.9. The summed E-state index contributed by atoms with van der Waals surface area (Å²) < 4.78 is 11.4. The highest BCUT2D eigenvalue weighted by atomic mass is 35.5. The number of aromatic nitrogens is 2. The lowest BCUT2D eigenvalue weighted by Gasteiger charge is -2.16. The quantitative estimate of drug-likeness (QED) is 0.144. The Bertz CT molecular complexity index is 1690. The number of hydrogen-bond acceptors (Lipinski definition) is 8. The molecule has 10 nitrogen and oxygen atoms in total. The zero-order valence-corrected chi connectivity index (χ0v) is 28.4. The van der Waals surface area contributed by atoms with Gasteiger partial charge in [-0.1, -0.05) is 59.6 Å². The lowest BCUT2D eigenvalue weighted by molar-refractivity contribution is -0.120. The molecule has 250 valence electrons. The smallest absolute Gasteiger partial charge is 0.220 e. The largest absolute Gasteiger partial charge is 0.496 e. The highest BCUT2D eigenvalue weighted by Gasteiger charge is 2.22. The van der Waals surface area contributed by atoms with Crippen LogP contribution in [0.5, 0.6) is 11.6 Å². The maximum atomic E-state index is 11.5. The van der Waals surface area contributed by atoms with Crippen molar-refractivity contribution in [1.82, 2.24) is 31.2 Å². The summed E-state index contributed by atoms with van der Waals surface area (Å²) in [4.78, 5) is 32.4. The number of benzene rings is 2. The van der Waals surface area contributed by atoms with Gasteiger partial charge in [-0.15, -0.1) is 0 Å². The average molecular weight is 690 g/mol. The molecular weight excluding hydrogens is 651 g/mol. The summed E-state index contributed by atoms with van der Waals surface area (Å²) >= 11 is 14.1. The SMILES string of the molecule is COc1cc(-c2nccc(-c3cccc(-c4ccc(CNC[C@@H]5CCC(=O)N5)c(OC)n4)c3Cl)c2Cl)ccc1CNC[C@H]1CCC(=O)N1. The maximum absolute atomic E-state index is 11.5. The van der Waals surface area contributed by atoms with Crippen LogP contribution < -0.4 is 30.7 Å². The predicted molar refractivity (Wildman–Crippen MR) is 187 cm³/mol. The van der Waals surface area contributed by atoms with Gasteiger partial charge in [0.15, 0.2) is 0 Å². The molecular formula is C36H38Cl2N6O4. The van der Waals surface area contributed by atoms with Crippen LogP contribution in [0.1, 0.15) is 36.8 Å². The number of hydrogen-bond donors (Lipinski definition) is 4. The number of methoxy groups -OCH3 is 2. The van der Waals surface area contributed by atoms with Gasteiger partial charge < -0.3 is 30.7 Å². The van der Waals surface area contributed by atoms with Gasteiger partial charge in [0, 0.05) is 90.7 Å². The second-order valence-electron chi connectivity index (χ2n) is 11.9. The second-order valence-corrected chi connectivity index (χ2v) is 12.7. The van der Waals surface area contributed by atoms with Gasteiger partial charge in [0.1, 0.15) is 5.75 Å². The van der Waals surface area contributed by atoms with Crippen LogP contribution in [0, 0.1) is 0 Å². The molecule has 2 aromatic heterocycles. The Hall–Kier alpha value is -4.22. The fourth-order valence-electron chi connectivity index (χ4n) is 6.18. The van der Waals surface area contributed by atoms with E-state index < -0.39 is 0 Å².